The highest BCUT2D eigenvalue weighted by molar-refractivity contribution is 5.42. The van der Waals surface area contributed by atoms with Gasteiger partial charge in [-0.2, -0.15) is 0 Å². The molecule has 76 valence electrons. The Labute approximate surface area is 85.1 Å². The molecule has 1 aromatic rings. The third kappa shape index (κ3) is 2.04. The van der Waals surface area contributed by atoms with Gasteiger partial charge in [0.05, 0.1) is 0 Å². The monoisotopic (exact) mass is 191 g/mol. The second-order valence-corrected chi connectivity index (χ2v) is 3.89. The van der Waals surface area contributed by atoms with E-state index in [-0.39, 0.29) is 0 Å². The van der Waals surface area contributed by atoms with E-state index < -0.39 is 0 Å². The lowest BCUT2D eigenvalue weighted by atomic mass is 10.2. The third-order valence-electron chi connectivity index (χ3n) is 2.65. The van der Waals surface area contributed by atoms with Gasteiger partial charge in [0.1, 0.15) is 5.82 Å². The van der Waals surface area contributed by atoms with Crippen molar-refractivity contribution < 1.29 is 0 Å². The molecule has 1 N–H and O–H groups in total. The SMILES string of the molecule is CNCc1ccnc(N(C)C2CC2)c1. The Kier molecular flexibility index (Phi) is 2.68. The molecule has 0 spiro atoms. The van der Waals surface area contributed by atoms with Gasteiger partial charge in [-0.05, 0) is 37.6 Å². The Morgan fingerprint density at radius 1 is 1.57 bits per heavy atom. The van der Waals surface area contributed by atoms with Crippen LogP contribution in [0.3, 0.4) is 0 Å². The predicted octanol–water partition coefficient (Wildman–Crippen LogP) is 1.40. The molecule has 3 nitrogen and oxygen atoms in total. The summed E-state index contributed by atoms with van der Waals surface area (Å²) >= 11 is 0. The Morgan fingerprint density at radius 2 is 2.36 bits per heavy atom. The van der Waals surface area contributed by atoms with Crippen LogP contribution in [0.15, 0.2) is 18.3 Å². The first kappa shape index (κ1) is 9.46. The fourth-order valence-corrected chi connectivity index (χ4v) is 1.62. The van der Waals surface area contributed by atoms with E-state index in [0.717, 1.165) is 18.4 Å². The highest BCUT2D eigenvalue weighted by atomic mass is 15.2. The van der Waals surface area contributed by atoms with Gasteiger partial charge in [0.2, 0.25) is 0 Å². The van der Waals surface area contributed by atoms with Crippen LogP contribution in [0.25, 0.3) is 0 Å². The maximum Gasteiger partial charge on any atom is 0.128 e. The van der Waals surface area contributed by atoms with Crippen molar-refractivity contribution in [3.63, 3.8) is 0 Å². The highest BCUT2D eigenvalue weighted by Crippen LogP contribution is 2.29. The van der Waals surface area contributed by atoms with Crippen LogP contribution in [0.4, 0.5) is 5.82 Å². The first-order valence-electron chi connectivity index (χ1n) is 5.13. The highest BCUT2D eigenvalue weighted by Gasteiger charge is 2.26. The van der Waals surface area contributed by atoms with Gasteiger partial charge in [0, 0.05) is 25.8 Å². The van der Waals surface area contributed by atoms with E-state index in [1.165, 1.54) is 18.4 Å². The Morgan fingerprint density at radius 3 is 3.00 bits per heavy atom. The van der Waals surface area contributed by atoms with E-state index >= 15 is 0 Å². The molecule has 0 unspecified atom stereocenters. The third-order valence-corrected chi connectivity index (χ3v) is 2.65. The van der Waals surface area contributed by atoms with Gasteiger partial charge in [0.15, 0.2) is 0 Å². The summed E-state index contributed by atoms with van der Waals surface area (Å²) in [6.45, 7) is 0.911. The summed E-state index contributed by atoms with van der Waals surface area (Å²) < 4.78 is 0. The van der Waals surface area contributed by atoms with E-state index in [1.54, 1.807) is 0 Å². The van der Waals surface area contributed by atoms with Crippen LogP contribution in [0.2, 0.25) is 0 Å². The summed E-state index contributed by atoms with van der Waals surface area (Å²) in [4.78, 5) is 6.66. The second kappa shape index (κ2) is 3.96. The van der Waals surface area contributed by atoms with E-state index in [2.05, 4.69) is 34.4 Å². The molecule has 0 bridgehead atoms. The summed E-state index contributed by atoms with van der Waals surface area (Å²) in [5, 5.41) is 3.15. The molecule has 0 amide bonds. The number of nitrogens with zero attached hydrogens (tertiary/aromatic N) is 2. The Hall–Kier alpha value is -1.09. The smallest absolute Gasteiger partial charge is 0.128 e. The van der Waals surface area contributed by atoms with Crippen molar-refractivity contribution in [2.24, 2.45) is 0 Å². The Balaban J connectivity index is 2.12. The van der Waals surface area contributed by atoms with Gasteiger partial charge in [0.25, 0.3) is 0 Å². The predicted molar refractivity (Wildman–Crippen MR) is 58.4 cm³/mol. The van der Waals surface area contributed by atoms with Crippen molar-refractivity contribution in [3.05, 3.63) is 23.9 Å². The minimum atomic E-state index is 0.729. The minimum Gasteiger partial charge on any atom is -0.357 e. The lowest BCUT2D eigenvalue weighted by molar-refractivity contribution is 0.811. The topological polar surface area (TPSA) is 28.2 Å². The molecule has 1 heterocycles. The van der Waals surface area contributed by atoms with Crippen LogP contribution >= 0.6 is 0 Å². The zero-order chi connectivity index (χ0) is 9.97. The maximum absolute atomic E-state index is 4.38. The molecule has 0 saturated heterocycles. The minimum absolute atomic E-state index is 0.729. The van der Waals surface area contributed by atoms with Crippen molar-refractivity contribution in [3.8, 4) is 0 Å². The largest absolute Gasteiger partial charge is 0.357 e. The van der Waals surface area contributed by atoms with Crippen molar-refractivity contribution in [2.45, 2.75) is 25.4 Å². The quantitative estimate of drug-likeness (QED) is 0.779. The lowest BCUT2D eigenvalue weighted by Crippen LogP contribution is -2.20. The second-order valence-electron chi connectivity index (χ2n) is 3.89. The van der Waals surface area contributed by atoms with Gasteiger partial charge in [-0.1, -0.05) is 0 Å². The summed E-state index contributed by atoms with van der Waals surface area (Å²) in [5.41, 5.74) is 1.30. The molecule has 14 heavy (non-hydrogen) atoms. The summed E-state index contributed by atoms with van der Waals surface area (Å²) in [7, 11) is 4.09. The standard InChI is InChI=1S/C11H17N3/c1-12-8-9-5-6-13-11(7-9)14(2)10-3-4-10/h5-7,10,12H,3-4,8H2,1-2H3. The number of aromatic nitrogens is 1. The van der Waals surface area contributed by atoms with Crippen molar-refractivity contribution in [2.75, 3.05) is 19.0 Å². The van der Waals surface area contributed by atoms with Gasteiger partial charge >= 0.3 is 0 Å². The first-order chi connectivity index (χ1) is 6.81. The van der Waals surface area contributed by atoms with Gasteiger partial charge in [-0.25, -0.2) is 4.98 Å². The van der Waals surface area contributed by atoms with Crippen LogP contribution in [-0.2, 0) is 6.54 Å². The van der Waals surface area contributed by atoms with Gasteiger partial charge < -0.3 is 10.2 Å². The zero-order valence-electron chi connectivity index (χ0n) is 8.83. The average molecular weight is 191 g/mol. The number of anilines is 1. The van der Waals surface area contributed by atoms with Crippen molar-refractivity contribution in [1.29, 1.82) is 0 Å². The zero-order valence-corrected chi connectivity index (χ0v) is 8.83. The molecule has 1 aliphatic rings. The first-order valence-corrected chi connectivity index (χ1v) is 5.13. The van der Waals surface area contributed by atoms with Gasteiger partial charge in [-0.3, -0.25) is 0 Å². The Bertz CT molecular complexity index is 307. The molecule has 1 aliphatic carbocycles. The molecular formula is C11H17N3. The normalized spacial score (nSPS) is 15.6. The molecule has 0 radical (unpaired) electrons. The van der Waals surface area contributed by atoms with Crippen LogP contribution in [-0.4, -0.2) is 25.1 Å². The number of nitrogens with one attached hydrogen (secondary N) is 1. The van der Waals surface area contributed by atoms with Gasteiger partial charge in [-0.15, -0.1) is 0 Å². The fourth-order valence-electron chi connectivity index (χ4n) is 1.62. The summed E-state index contributed by atoms with van der Waals surface area (Å²) in [5.74, 6) is 1.10. The van der Waals surface area contributed by atoms with Crippen LogP contribution in [0, 0.1) is 0 Å². The molecule has 0 aliphatic heterocycles. The van der Waals surface area contributed by atoms with Crippen molar-refractivity contribution >= 4 is 5.82 Å². The number of rotatable bonds is 4. The molecule has 0 atom stereocenters. The molecule has 1 fully saturated rings. The number of pyridine rings is 1. The van der Waals surface area contributed by atoms with E-state index in [9.17, 15) is 0 Å². The molecule has 3 heteroatoms. The fraction of sp³-hybridized carbons (Fsp3) is 0.545. The van der Waals surface area contributed by atoms with E-state index in [4.69, 9.17) is 0 Å². The van der Waals surface area contributed by atoms with Crippen LogP contribution in [0.5, 0.6) is 0 Å². The van der Waals surface area contributed by atoms with Crippen LogP contribution < -0.4 is 10.2 Å². The maximum atomic E-state index is 4.38. The lowest BCUT2D eigenvalue weighted by Gasteiger charge is -2.17. The summed E-state index contributed by atoms with van der Waals surface area (Å²) in [6, 6.07) is 4.95. The molecule has 2 rings (SSSR count). The van der Waals surface area contributed by atoms with Crippen LogP contribution in [0.1, 0.15) is 18.4 Å². The molecule has 1 aromatic heterocycles. The molecule has 1 saturated carbocycles. The number of hydrogen-bond acceptors (Lipinski definition) is 3. The molecule has 0 aromatic carbocycles. The van der Waals surface area contributed by atoms with E-state index in [1.807, 2.05) is 13.2 Å². The average Bonchev–Trinajstić information content (AvgIpc) is 3.01. The van der Waals surface area contributed by atoms with Crippen molar-refractivity contribution in [1.82, 2.24) is 10.3 Å². The number of hydrogen-bond donors (Lipinski definition) is 1. The molecular weight excluding hydrogens is 174 g/mol. The van der Waals surface area contributed by atoms with E-state index in [0.29, 0.717) is 0 Å². The summed E-state index contributed by atoms with van der Waals surface area (Å²) in [6.07, 6.45) is 4.52.